The number of hydrogen-bond acceptors (Lipinski definition) is 3. The van der Waals surface area contributed by atoms with E-state index in [0.29, 0.717) is 17.9 Å². The van der Waals surface area contributed by atoms with Crippen LogP contribution in [0.25, 0.3) is 0 Å². The Kier molecular flexibility index (Phi) is 4.28. The smallest absolute Gasteiger partial charge is 0.227 e. The number of amides is 1. The zero-order valence-corrected chi connectivity index (χ0v) is 11.9. The summed E-state index contributed by atoms with van der Waals surface area (Å²) in [6.07, 6.45) is 2.67. The highest BCUT2D eigenvalue weighted by Gasteiger charge is 2.43. The summed E-state index contributed by atoms with van der Waals surface area (Å²) < 4.78 is 18.6. The van der Waals surface area contributed by atoms with Gasteiger partial charge in [0.25, 0.3) is 0 Å². The maximum Gasteiger partial charge on any atom is 0.227 e. The lowest BCUT2D eigenvalue weighted by Crippen LogP contribution is -2.50. The molecule has 4 nitrogen and oxygen atoms in total. The summed E-state index contributed by atoms with van der Waals surface area (Å²) >= 11 is 0. The summed E-state index contributed by atoms with van der Waals surface area (Å²) in [4.78, 5) is 12.3. The predicted molar refractivity (Wildman–Crippen MR) is 74.8 cm³/mol. The molecule has 110 valence electrons. The van der Waals surface area contributed by atoms with E-state index in [1.807, 2.05) is 6.92 Å². The van der Waals surface area contributed by atoms with Crippen LogP contribution in [0.5, 0.6) is 5.75 Å². The standard InChI is InChI=1S/C15H21FN2O2/c1-10(12-8-11(16)4-5-13(12)20-2)18-14(19)15(9-17)6-3-7-15/h4-5,8,10H,3,6-7,9,17H2,1-2H3,(H,18,19). The molecule has 2 rings (SSSR count). The number of nitrogens with two attached hydrogens (primary N) is 1. The molecule has 1 aliphatic rings. The Balaban J connectivity index is 2.14. The molecule has 0 spiro atoms. The maximum atomic E-state index is 13.4. The quantitative estimate of drug-likeness (QED) is 0.868. The Morgan fingerprint density at radius 1 is 1.55 bits per heavy atom. The van der Waals surface area contributed by atoms with Crippen LogP contribution in [0.1, 0.15) is 37.8 Å². The van der Waals surface area contributed by atoms with Gasteiger partial charge in [0.2, 0.25) is 5.91 Å². The van der Waals surface area contributed by atoms with Gasteiger partial charge in [-0.3, -0.25) is 4.79 Å². The number of hydrogen-bond donors (Lipinski definition) is 2. The van der Waals surface area contributed by atoms with Gasteiger partial charge in [0.1, 0.15) is 11.6 Å². The lowest BCUT2D eigenvalue weighted by atomic mass is 9.68. The molecule has 5 heteroatoms. The summed E-state index contributed by atoms with van der Waals surface area (Å²) in [6.45, 7) is 2.17. The van der Waals surface area contributed by atoms with Crippen molar-refractivity contribution < 1.29 is 13.9 Å². The summed E-state index contributed by atoms with van der Waals surface area (Å²) in [7, 11) is 1.53. The fourth-order valence-corrected chi connectivity index (χ4v) is 2.60. The van der Waals surface area contributed by atoms with Crippen molar-refractivity contribution in [2.24, 2.45) is 11.1 Å². The van der Waals surface area contributed by atoms with Crippen molar-refractivity contribution in [1.29, 1.82) is 0 Å². The van der Waals surface area contributed by atoms with E-state index in [-0.39, 0.29) is 17.8 Å². The van der Waals surface area contributed by atoms with E-state index in [2.05, 4.69) is 5.32 Å². The average Bonchev–Trinajstić information content (AvgIpc) is 2.38. The van der Waals surface area contributed by atoms with Crippen molar-refractivity contribution in [3.8, 4) is 5.75 Å². The lowest BCUT2D eigenvalue weighted by molar-refractivity contribution is -0.135. The molecule has 1 amide bonds. The number of benzene rings is 1. The second-order valence-electron chi connectivity index (χ2n) is 5.42. The van der Waals surface area contributed by atoms with Gasteiger partial charge in [0.15, 0.2) is 0 Å². The molecule has 20 heavy (non-hydrogen) atoms. The molecule has 1 unspecified atom stereocenters. The third-order valence-electron chi connectivity index (χ3n) is 4.19. The summed E-state index contributed by atoms with van der Waals surface area (Å²) in [5, 5.41) is 2.93. The van der Waals surface area contributed by atoms with E-state index < -0.39 is 5.41 Å². The Bertz CT molecular complexity index is 495. The fraction of sp³-hybridized carbons (Fsp3) is 0.533. The van der Waals surface area contributed by atoms with Crippen LogP contribution < -0.4 is 15.8 Å². The van der Waals surface area contributed by atoms with Gasteiger partial charge in [-0.15, -0.1) is 0 Å². The van der Waals surface area contributed by atoms with Crippen LogP contribution in [0.15, 0.2) is 18.2 Å². The minimum absolute atomic E-state index is 0.0509. The van der Waals surface area contributed by atoms with Crippen LogP contribution in [-0.4, -0.2) is 19.6 Å². The molecule has 0 aliphatic heterocycles. The SMILES string of the molecule is COc1ccc(F)cc1C(C)NC(=O)C1(CN)CCC1. The van der Waals surface area contributed by atoms with Gasteiger partial charge < -0.3 is 15.8 Å². The molecule has 0 radical (unpaired) electrons. The fourth-order valence-electron chi connectivity index (χ4n) is 2.60. The molecule has 1 aromatic carbocycles. The molecule has 0 aromatic heterocycles. The van der Waals surface area contributed by atoms with Gasteiger partial charge in [0.05, 0.1) is 18.6 Å². The zero-order chi connectivity index (χ0) is 14.8. The average molecular weight is 280 g/mol. The molecule has 1 saturated carbocycles. The molecule has 0 saturated heterocycles. The lowest BCUT2D eigenvalue weighted by Gasteiger charge is -2.40. The first-order valence-electron chi connectivity index (χ1n) is 6.87. The van der Waals surface area contributed by atoms with E-state index in [4.69, 9.17) is 10.5 Å². The Morgan fingerprint density at radius 3 is 2.75 bits per heavy atom. The van der Waals surface area contributed by atoms with Crippen LogP contribution >= 0.6 is 0 Å². The van der Waals surface area contributed by atoms with E-state index in [1.165, 1.54) is 19.2 Å². The number of halogens is 1. The van der Waals surface area contributed by atoms with Crippen molar-refractivity contribution in [2.75, 3.05) is 13.7 Å². The molecule has 1 aromatic rings. The predicted octanol–water partition coefficient (Wildman–Crippen LogP) is 2.14. The largest absolute Gasteiger partial charge is 0.496 e. The number of nitrogens with one attached hydrogen (secondary N) is 1. The van der Waals surface area contributed by atoms with Gasteiger partial charge in [-0.25, -0.2) is 4.39 Å². The minimum atomic E-state index is -0.436. The number of carbonyl (C=O) groups is 1. The summed E-state index contributed by atoms with van der Waals surface area (Å²) in [5.74, 6) is 0.166. The van der Waals surface area contributed by atoms with Crippen LogP contribution in [0.4, 0.5) is 4.39 Å². The third-order valence-corrected chi connectivity index (χ3v) is 4.19. The minimum Gasteiger partial charge on any atom is -0.496 e. The first-order chi connectivity index (χ1) is 9.52. The Labute approximate surface area is 118 Å². The summed E-state index contributed by atoms with van der Waals surface area (Å²) in [6, 6.07) is 3.97. The monoisotopic (exact) mass is 280 g/mol. The van der Waals surface area contributed by atoms with Gasteiger partial charge in [-0.1, -0.05) is 6.42 Å². The van der Waals surface area contributed by atoms with Crippen LogP contribution in [0.3, 0.4) is 0 Å². The normalized spacial score (nSPS) is 18.0. The van der Waals surface area contributed by atoms with E-state index in [1.54, 1.807) is 6.07 Å². The van der Waals surface area contributed by atoms with Crippen molar-refractivity contribution in [3.05, 3.63) is 29.6 Å². The number of rotatable bonds is 5. The highest BCUT2D eigenvalue weighted by atomic mass is 19.1. The third kappa shape index (κ3) is 2.63. The van der Waals surface area contributed by atoms with Crippen LogP contribution in [-0.2, 0) is 4.79 Å². The highest BCUT2D eigenvalue weighted by molar-refractivity contribution is 5.84. The van der Waals surface area contributed by atoms with Crippen molar-refractivity contribution in [3.63, 3.8) is 0 Å². The zero-order valence-electron chi connectivity index (χ0n) is 11.9. The van der Waals surface area contributed by atoms with Crippen LogP contribution in [0.2, 0.25) is 0 Å². The van der Waals surface area contributed by atoms with Gasteiger partial charge in [-0.2, -0.15) is 0 Å². The topological polar surface area (TPSA) is 64.3 Å². The maximum absolute atomic E-state index is 13.4. The number of carbonyl (C=O) groups excluding carboxylic acids is 1. The molecule has 0 heterocycles. The van der Waals surface area contributed by atoms with Crippen molar-refractivity contribution in [2.45, 2.75) is 32.2 Å². The van der Waals surface area contributed by atoms with Gasteiger partial charge in [0, 0.05) is 12.1 Å². The van der Waals surface area contributed by atoms with Gasteiger partial charge >= 0.3 is 0 Å². The van der Waals surface area contributed by atoms with Crippen molar-refractivity contribution >= 4 is 5.91 Å². The molecule has 3 N–H and O–H groups in total. The molecular formula is C15H21FN2O2. The second kappa shape index (κ2) is 5.79. The Hall–Kier alpha value is -1.62. The van der Waals surface area contributed by atoms with E-state index in [9.17, 15) is 9.18 Å². The molecule has 0 bridgehead atoms. The van der Waals surface area contributed by atoms with E-state index >= 15 is 0 Å². The van der Waals surface area contributed by atoms with Crippen LogP contribution in [0, 0.1) is 11.2 Å². The summed E-state index contributed by atoms with van der Waals surface area (Å²) in [5.41, 5.74) is 5.91. The highest BCUT2D eigenvalue weighted by Crippen LogP contribution is 2.40. The van der Waals surface area contributed by atoms with Crippen molar-refractivity contribution in [1.82, 2.24) is 5.32 Å². The first-order valence-corrected chi connectivity index (χ1v) is 6.87. The molecule has 1 atom stereocenters. The number of methoxy groups -OCH3 is 1. The molecule has 1 fully saturated rings. The number of ether oxygens (including phenoxy) is 1. The Morgan fingerprint density at radius 2 is 2.25 bits per heavy atom. The van der Waals surface area contributed by atoms with E-state index in [0.717, 1.165) is 19.3 Å². The molecule has 1 aliphatic carbocycles. The first kappa shape index (κ1) is 14.8. The second-order valence-corrected chi connectivity index (χ2v) is 5.42. The molecular weight excluding hydrogens is 259 g/mol. The van der Waals surface area contributed by atoms with Gasteiger partial charge in [-0.05, 0) is 38.0 Å².